The van der Waals surface area contributed by atoms with Gasteiger partial charge in [0.15, 0.2) is 10.3 Å². The third kappa shape index (κ3) is 16.5. The Balaban J connectivity index is 0.000000143. The summed E-state index contributed by atoms with van der Waals surface area (Å²) >= 11 is 28.0. The minimum atomic E-state index is -4.60. The average Bonchev–Trinajstić information content (AvgIpc) is 1.72. The van der Waals surface area contributed by atoms with Crippen molar-refractivity contribution in [1.29, 1.82) is 0 Å². The van der Waals surface area contributed by atoms with E-state index in [1.807, 2.05) is 24.3 Å². The molecule has 0 saturated carbocycles. The number of nitrogens with zero attached hydrogens (tertiary/aromatic N) is 9. The second-order valence-corrected chi connectivity index (χ2v) is 35.4. The molecule has 5 aliphatic rings. The number of methoxy groups -OCH3 is 1. The summed E-state index contributed by atoms with van der Waals surface area (Å²) in [6.07, 6.45) is 6.90. The zero-order valence-corrected chi connectivity index (χ0v) is 62.0. The number of thiazole rings is 3. The van der Waals surface area contributed by atoms with Crippen molar-refractivity contribution in [2.75, 3.05) is 80.8 Å². The molecule has 0 radical (unpaired) electrons. The van der Waals surface area contributed by atoms with E-state index in [1.165, 1.54) is 131 Å². The Hall–Kier alpha value is -7.34. The summed E-state index contributed by atoms with van der Waals surface area (Å²) in [5, 5.41) is 17.4. The summed E-state index contributed by atoms with van der Waals surface area (Å²) in [5.41, 5.74) is 3.99. The van der Waals surface area contributed by atoms with Crippen molar-refractivity contribution in [2.45, 2.75) is 81.7 Å². The Kier molecular flexibility index (Phi) is 22.5. The van der Waals surface area contributed by atoms with Gasteiger partial charge in [0.05, 0.1) is 38.8 Å². The van der Waals surface area contributed by atoms with Gasteiger partial charge in [-0.15, -0.1) is 37.7 Å². The van der Waals surface area contributed by atoms with Crippen molar-refractivity contribution in [3.05, 3.63) is 199 Å². The molecule has 0 spiro atoms. The third-order valence-corrected chi connectivity index (χ3v) is 27.9. The normalized spacial score (nSPS) is 19.8. The Bertz CT molecular complexity index is 4700. The number of rotatable bonds is 19. The fraction of sp³-hybridized carbons (Fsp3) is 0.273. The summed E-state index contributed by atoms with van der Waals surface area (Å²) in [6.45, 7) is 4.70. The number of likely N-dealkylation sites (tertiary alicyclic amines) is 2. The lowest BCUT2D eigenvalue weighted by atomic mass is 9.98. The molecule has 0 aliphatic carbocycles. The molecule has 101 heavy (non-hydrogen) atoms. The van der Waals surface area contributed by atoms with Gasteiger partial charge in [-0.1, -0.05) is 46.4 Å². The highest BCUT2D eigenvalue weighted by Crippen LogP contribution is 2.39. The zero-order chi connectivity index (χ0) is 71.5. The maximum Gasteiger partial charge on any atom is 0.279 e. The zero-order valence-electron chi connectivity index (χ0n) is 53.3. The van der Waals surface area contributed by atoms with E-state index in [2.05, 4.69) is 34.2 Å². The lowest BCUT2D eigenvalue weighted by molar-refractivity contribution is -0.124. The summed E-state index contributed by atoms with van der Waals surface area (Å²) in [4.78, 5) is 59.3. The SMILES string of the molecule is COc1ccc(S(=O)(=O)N(c2nccs2)S(=O)(=O)c2ccc(N3CC[C@H](O)C3=O)cc2)cc1.O=C1[C@@H](N2CC[C@@H](c3cc(Cl)cc(Cl)c3)C2)CCN1c1ccc(S(=O)(=O)Nc2nccs2)cc1.O=C1[C@@H](N2CC[C@H](c3cc(Cl)cc(Cl)c3)C2)CCN1c1ccc(S(=O)(=O)Nc2nccs2)cc1. The second kappa shape index (κ2) is 30.9. The Morgan fingerprint density at radius 3 is 1.19 bits per heavy atom. The van der Waals surface area contributed by atoms with Crippen molar-refractivity contribution in [3.63, 3.8) is 0 Å². The molecule has 5 saturated heterocycles. The molecule has 14 rings (SSSR count). The molecular weight excluding hydrogens is 1520 g/mol. The van der Waals surface area contributed by atoms with Crippen LogP contribution in [0.25, 0.3) is 0 Å². The van der Waals surface area contributed by atoms with E-state index in [4.69, 9.17) is 51.1 Å². The minimum absolute atomic E-state index is 0.0429. The van der Waals surface area contributed by atoms with Gasteiger partial charge in [-0.25, -0.2) is 31.8 Å². The van der Waals surface area contributed by atoms with Crippen LogP contribution in [0.4, 0.5) is 32.5 Å². The number of benzene rings is 6. The van der Waals surface area contributed by atoms with Crippen molar-refractivity contribution < 1.29 is 57.9 Å². The standard InChI is InChI=1S/2C23H22Cl2N4O3S2.C20H19N3O7S3/c2*24-17-11-16(12-18(25)13-17)15-5-8-28(14-15)21-6-9-29(22(21)30)19-1-3-20(4-2-19)34(31,32)27-23-26-7-10-33-23;1-30-15-4-8-17(9-5-15)33(28,29)23(20-21-11-13-31-20)32(26,27)16-6-2-14(3-7-16)22-12-10-18(24)19(22)25/h2*1-4,7,10-13,15,21H,5-6,8-9,14H2,(H,26,27);2-9,11,13,18,24H,10,12H2,1H3/t15-,21+;15-,21-;18-/m100/s1. The molecule has 0 bridgehead atoms. The van der Waals surface area contributed by atoms with Gasteiger partial charge in [0.25, 0.3) is 46.0 Å². The van der Waals surface area contributed by atoms with E-state index in [0.717, 1.165) is 74.3 Å². The number of anilines is 6. The van der Waals surface area contributed by atoms with E-state index in [-0.39, 0.29) is 66.9 Å². The molecule has 3 aromatic heterocycles. The number of ether oxygens (including phenoxy) is 1. The molecule has 35 heteroatoms. The van der Waals surface area contributed by atoms with Gasteiger partial charge in [-0.05, 0) is 195 Å². The number of hydrogen-bond acceptors (Lipinski definition) is 21. The molecule has 3 amide bonds. The molecule has 3 N–H and O–H groups in total. The van der Waals surface area contributed by atoms with E-state index in [0.29, 0.717) is 76.5 Å². The molecule has 5 fully saturated rings. The number of aromatic nitrogens is 3. The van der Waals surface area contributed by atoms with Gasteiger partial charge in [0, 0.05) is 111 Å². The Morgan fingerprint density at radius 2 is 0.832 bits per heavy atom. The molecule has 530 valence electrons. The molecule has 5 atom stereocenters. The topological polar surface area (TPSA) is 299 Å². The number of halogens is 4. The maximum absolute atomic E-state index is 13.5. The molecule has 9 aromatic rings. The predicted octanol–water partition coefficient (Wildman–Crippen LogP) is 11.5. The Morgan fingerprint density at radius 1 is 0.465 bits per heavy atom. The number of carbonyl (C=O) groups excluding carboxylic acids is 3. The molecule has 0 unspecified atom stereocenters. The van der Waals surface area contributed by atoms with Crippen molar-refractivity contribution in [2.24, 2.45) is 0 Å². The third-order valence-electron chi connectivity index (χ3n) is 17.6. The van der Waals surface area contributed by atoms with Gasteiger partial charge in [0.2, 0.25) is 16.9 Å². The molecular formula is C66H63Cl4N11O13S7. The number of carbonyl (C=O) groups is 3. The predicted molar refractivity (Wildman–Crippen MR) is 392 cm³/mol. The van der Waals surface area contributed by atoms with Crippen LogP contribution in [0.1, 0.15) is 55.1 Å². The highest BCUT2D eigenvalue weighted by molar-refractivity contribution is 8.10. The van der Waals surface area contributed by atoms with E-state index < -0.39 is 52.1 Å². The van der Waals surface area contributed by atoms with Crippen LogP contribution in [0.5, 0.6) is 5.75 Å². The van der Waals surface area contributed by atoms with Crippen molar-refractivity contribution >= 4 is 171 Å². The lowest BCUT2D eigenvalue weighted by Crippen LogP contribution is -2.40. The van der Waals surface area contributed by atoms with Crippen LogP contribution in [0.2, 0.25) is 20.1 Å². The van der Waals surface area contributed by atoms with Gasteiger partial charge < -0.3 is 24.5 Å². The second-order valence-electron chi connectivity index (χ2n) is 23.8. The first-order valence-corrected chi connectivity index (χ1v) is 41.3. The van der Waals surface area contributed by atoms with Crippen molar-refractivity contribution in [1.82, 2.24) is 24.8 Å². The van der Waals surface area contributed by atoms with Gasteiger partial charge in [-0.3, -0.25) is 33.6 Å². The van der Waals surface area contributed by atoms with Crippen LogP contribution in [0.15, 0.2) is 188 Å². The highest BCUT2D eigenvalue weighted by atomic mass is 35.5. The van der Waals surface area contributed by atoms with Crippen LogP contribution in [-0.2, 0) is 54.5 Å². The average molecular weight is 1580 g/mol. The number of aliphatic hydroxyl groups is 1. The largest absolute Gasteiger partial charge is 0.497 e. The summed E-state index contributed by atoms with van der Waals surface area (Å²) in [7, 11) is -15.2. The van der Waals surface area contributed by atoms with E-state index in [1.54, 1.807) is 57.0 Å². The first-order valence-electron chi connectivity index (χ1n) is 31.3. The molecule has 8 heterocycles. The first-order chi connectivity index (χ1) is 48.3. The molecule has 5 aliphatic heterocycles. The van der Waals surface area contributed by atoms with Crippen LogP contribution in [0, 0.1) is 0 Å². The van der Waals surface area contributed by atoms with Gasteiger partial charge in [0.1, 0.15) is 11.9 Å². The fourth-order valence-electron chi connectivity index (χ4n) is 12.6. The van der Waals surface area contributed by atoms with Crippen LogP contribution < -0.4 is 32.6 Å². The minimum Gasteiger partial charge on any atom is -0.497 e. The first kappa shape index (κ1) is 73.4. The highest BCUT2D eigenvalue weighted by Gasteiger charge is 2.43. The van der Waals surface area contributed by atoms with Crippen molar-refractivity contribution in [3.8, 4) is 5.75 Å². The van der Waals surface area contributed by atoms with Crippen LogP contribution in [0.3, 0.4) is 0 Å². The summed E-state index contributed by atoms with van der Waals surface area (Å²) < 4.78 is 114. The maximum atomic E-state index is 13.5. The smallest absolute Gasteiger partial charge is 0.279 e. The molecule has 24 nitrogen and oxygen atoms in total. The van der Waals surface area contributed by atoms with Crippen LogP contribution >= 0.6 is 80.4 Å². The quantitative estimate of drug-likeness (QED) is 0.0677. The lowest BCUT2D eigenvalue weighted by Gasteiger charge is -2.23. The van der Waals surface area contributed by atoms with E-state index >= 15 is 0 Å². The van der Waals surface area contributed by atoms with Crippen LogP contribution in [-0.4, -0.2) is 152 Å². The fourth-order valence-corrected chi connectivity index (χ4v) is 22.0. The van der Waals surface area contributed by atoms with Gasteiger partial charge in [-0.2, -0.15) is 16.8 Å². The van der Waals surface area contributed by atoms with E-state index in [9.17, 15) is 53.2 Å². The summed E-state index contributed by atoms with van der Waals surface area (Å²) in [6, 6.07) is 34.2. The number of aliphatic hydroxyl groups excluding tert-OH is 1. The molecule has 6 aromatic carbocycles. The number of amides is 3. The monoisotopic (exact) mass is 1580 g/mol. The number of hydrogen-bond donors (Lipinski definition) is 3. The number of sulfonamides is 4. The van der Waals surface area contributed by atoms with Gasteiger partial charge >= 0.3 is 0 Å². The Labute approximate surface area is 615 Å². The summed E-state index contributed by atoms with van der Waals surface area (Å²) in [5.74, 6) is 0.593. The number of nitrogens with one attached hydrogen (secondary N) is 2.